The van der Waals surface area contributed by atoms with E-state index < -0.39 is 30.0 Å². The summed E-state index contributed by atoms with van der Waals surface area (Å²) in [7, 11) is 0. The molecule has 3 aliphatic rings. The van der Waals surface area contributed by atoms with E-state index in [1.165, 1.54) is 0 Å². The minimum Gasteiger partial charge on any atom is -0.449 e. The molecular formula is C42H60N2O7. The Morgan fingerprint density at radius 1 is 0.961 bits per heavy atom. The highest BCUT2D eigenvalue weighted by atomic mass is 16.7. The number of hydrogen-bond donors (Lipinski definition) is 4. The summed E-state index contributed by atoms with van der Waals surface area (Å²) in [6.45, 7) is 10.5. The lowest BCUT2D eigenvalue weighted by molar-refractivity contribution is -0.324. The van der Waals surface area contributed by atoms with Crippen molar-refractivity contribution in [3.05, 3.63) is 71.3 Å². The van der Waals surface area contributed by atoms with Crippen molar-refractivity contribution < 1.29 is 34.0 Å². The fraction of sp³-hybridized carbons (Fsp3) is 0.619. The highest BCUT2D eigenvalue weighted by molar-refractivity contribution is 5.79. The molecule has 1 spiro atoms. The highest BCUT2D eigenvalue weighted by Crippen LogP contribution is 2.45. The summed E-state index contributed by atoms with van der Waals surface area (Å²) in [5.41, 5.74) is 5.59. The van der Waals surface area contributed by atoms with E-state index in [0.29, 0.717) is 18.4 Å². The molecule has 0 saturated carbocycles. The molecule has 9 heteroatoms. The SMILES string of the molecule is C/C(=C\[C@@H](C)CC[C@@H]1CCC[C@]2(CCC(C)[C@@H](CCCNC(=O)[C@@H](C)[C@@H](O)CNC(=O)OCC3c4ccccc4-c4ccccc43)O2)O1)[C@H](C)O. The molecule has 0 bridgehead atoms. The monoisotopic (exact) mass is 704 g/mol. The van der Waals surface area contributed by atoms with Crippen LogP contribution in [0.4, 0.5) is 4.79 Å². The number of ether oxygens (including phenoxy) is 3. The summed E-state index contributed by atoms with van der Waals surface area (Å²) in [4.78, 5) is 25.5. The van der Waals surface area contributed by atoms with Crippen LogP contribution in [0.3, 0.4) is 0 Å². The lowest BCUT2D eigenvalue weighted by atomic mass is 9.85. The van der Waals surface area contributed by atoms with Crippen LogP contribution in [0, 0.1) is 17.8 Å². The number of aliphatic hydroxyl groups excluding tert-OH is 2. The van der Waals surface area contributed by atoms with E-state index in [1.807, 2.05) is 31.2 Å². The molecule has 1 aliphatic carbocycles. The molecule has 2 aromatic rings. The standard InChI is InChI=1S/C42H60N2O7/c1-27(24-29(3)31(5)45)18-19-32-12-10-21-42(50-32)22-20-28(2)39(51-42)17-11-23-43-40(47)30(4)38(46)25-44-41(48)49-26-37-35-15-8-6-13-33(35)34-14-7-9-16-36(34)37/h6-9,13-16,24,27-28,30-32,37-39,45-46H,10-12,17-23,25-26H2,1-5H3,(H,43,47)(H,44,48)/b29-24+/t27-,28?,30-,31-,32-,38-,39+,42-/m0/s1. The number of carbonyl (C=O) groups is 2. The second-order valence-electron chi connectivity index (χ2n) is 15.4. The van der Waals surface area contributed by atoms with Crippen molar-refractivity contribution in [2.75, 3.05) is 19.7 Å². The summed E-state index contributed by atoms with van der Waals surface area (Å²) < 4.78 is 19.0. The Kier molecular flexibility index (Phi) is 13.8. The quantitative estimate of drug-likeness (QED) is 0.114. The van der Waals surface area contributed by atoms with E-state index in [1.54, 1.807) is 13.8 Å². The molecular weight excluding hydrogens is 644 g/mol. The smallest absolute Gasteiger partial charge is 0.407 e. The van der Waals surface area contributed by atoms with E-state index in [9.17, 15) is 19.8 Å². The van der Waals surface area contributed by atoms with Gasteiger partial charge in [-0.3, -0.25) is 4.79 Å². The predicted octanol–water partition coefficient (Wildman–Crippen LogP) is 7.24. The average Bonchev–Trinajstić information content (AvgIpc) is 3.45. The first-order valence-electron chi connectivity index (χ1n) is 19.2. The number of alkyl carbamates (subject to hydrolysis) is 1. The maximum absolute atomic E-state index is 12.9. The van der Waals surface area contributed by atoms with Gasteiger partial charge < -0.3 is 35.1 Å². The molecule has 51 heavy (non-hydrogen) atoms. The van der Waals surface area contributed by atoms with Crippen LogP contribution in [0.2, 0.25) is 0 Å². The van der Waals surface area contributed by atoms with Crippen LogP contribution >= 0.6 is 0 Å². The molecule has 2 aromatic carbocycles. The van der Waals surface area contributed by atoms with Crippen LogP contribution in [-0.4, -0.2) is 72.1 Å². The zero-order valence-corrected chi connectivity index (χ0v) is 31.2. The van der Waals surface area contributed by atoms with Gasteiger partial charge in [-0.2, -0.15) is 0 Å². The minimum absolute atomic E-state index is 0.0500. The molecule has 280 valence electrons. The third kappa shape index (κ3) is 10.2. The third-order valence-corrected chi connectivity index (χ3v) is 11.4. The molecule has 2 fully saturated rings. The van der Waals surface area contributed by atoms with Crippen molar-refractivity contribution in [1.82, 2.24) is 10.6 Å². The van der Waals surface area contributed by atoms with E-state index in [2.05, 4.69) is 54.8 Å². The lowest BCUT2D eigenvalue weighted by Gasteiger charge is -2.48. The molecule has 2 heterocycles. The summed E-state index contributed by atoms with van der Waals surface area (Å²) in [6, 6.07) is 16.3. The fourth-order valence-corrected chi connectivity index (χ4v) is 7.91. The Bertz CT molecular complexity index is 1450. The first-order chi connectivity index (χ1) is 24.5. The molecule has 2 saturated heterocycles. The third-order valence-electron chi connectivity index (χ3n) is 11.4. The lowest BCUT2D eigenvalue weighted by Crippen LogP contribution is -2.50. The fourth-order valence-electron chi connectivity index (χ4n) is 7.91. The number of benzene rings is 2. The predicted molar refractivity (Wildman–Crippen MR) is 199 cm³/mol. The summed E-state index contributed by atoms with van der Waals surface area (Å²) in [5.74, 6) is -0.722. The molecule has 2 aliphatic heterocycles. The van der Waals surface area contributed by atoms with Crippen molar-refractivity contribution in [3.8, 4) is 11.1 Å². The van der Waals surface area contributed by atoms with Crippen LogP contribution in [0.1, 0.15) is 109 Å². The Labute approximate surface area is 304 Å². The van der Waals surface area contributed by atoms with E-state index in [0.717, 1.165) is 85.6 Å². The second-order valence-corrected chi connectivity index (χ2v) is 15.4. The second kappa shape index (κ2) is 18.0. The van der Waals surface area contributed by atoms with Gasteiger partial charge in [0.2, 0.25) is 5.91 Å². The van der Waals surface area contributed by atoms with Crippen LogP contribution in [0.5, 0.6) is 0 Å². The van der Waals surface area contributed by atoms with Crippen LogP contribution in [0.15, 0.2) is 60.2 Å². The van der Waals surface area contributed by atoms with E-state index in [-0.39, 0.29) is 37.2 Å². The molecule has 8 atom stereocenters. The minimum atomic E-state index is -1.05. The van der Waals surface area contributed by atoms with Gasteiger partial charge in [0.15, 0.2) is 5.79 Å². The number of rotatable bonds is 15. The molecule has 5 rings (SSSR count). The van der Waals surface area contributed by atoms with Crippen LogP contribution < -0.4 is 10.6 Å². The van der Waals surface area contributed by atoms with Gasteiger partial charge in [0.1, 0.15) is 6.61 Å². The van der Waals surface area contributed by atoms with Gasteiger partial charge in [0, 0.05) is 31.8 Å². The molecule has 2 amide bonds. The Morgan fingerprint density at radius 2 is 1.65 bits per heavy atom. The Hall–Kier alpha value is -3.24. The van der Waals surface area contributed by atoms with Gasteiger partial charge in [0.05, 0.1) is 30.3 Å². The van der Waals surface area contributed by atoms with Crippen molar-refractivity contribution in [2.45, 2.75) is 129 Å². The van der Waals surface area contributed by atoms with Crippen molar-refractivity contribution >= 4 is 12.0 Å². The normalized spacial score (nSPS) is 25.7. The number of amides is 2. The zero-order chi connectivity index (χ0) is 36.5. The maximum atomic E-state index is 12.9. The number of allylic oxidation sites excluding steroid dienone is 1. The largest absolute Gasteiger partial charge is 0.449 e. The highest BCUT2D eigenvalue weighted by Gasteiger charge is 2.44. The first-order valence-corrected chi connectivity index (χ1v) is 19.2. The van der Waals surface area contributed by atoms with E-state index in [4.69, 9.17) is 14.2 Å². The van der Waals surface area contributed by atoms with Gasteiger partial charge in [-0.25, -0.2) is 4.79 Å². The summed E-state index contributed by atoms with van der Waals surface area (Å²) >= 11 is 0. The number of aliphatic hydroxyl groups is 2. The number of carbonyl (C=O) groups excluding carboxylic acids is 2. The van der Waals surface area contributed by atoms with Gasteiger partial charge in [0.25, 0.3) is 0 Å². The molecule has 0 radical (unpaired) electrons. The van der Waals surface area contributed by atoms with Crippen molar-refractivity contribution in [3.63, 3.8) is 0 Å². The van der Waals surface area contributed by atoms with Gasteiger partial charge in [-0.1, -0.05) is 75.4 Å². The van der Waals surface area contributed by atoms with Crippen molar-refractivity contribution in [2.24, 2.45) is 17.8 Å². The molecule has 9 nitrogen and oxygen atoms in total. The van der Waals surface area contributed by atoms with Crippen LogP contribution in [-0.2, 0) is 19.0 Å². The van der Waals surface area contributed by atoms with E-state index >= 15 is 0 Å². The van der Waals surface area contributed by atoms with Gasteiger partial charge in [-0.15, -0.1) is 0 Å². The Morgan fingerprint density at radius 3 is 2.33 bits per heavy atom. The van der Waals surface area contributed by atoms with Gasteiger partial charge >= 0.3 is 6.09 Å². The molecule has 1 unspecified atom stereocenters. The van der Waals surface area contributed by atoms with Crippen LogP contribution in [0.25, 0.3) is 11.1 Å². The number of hydrogen-bond acceptors (Lipinski definition) is 7. The molecule has 0 aromatic heterocycles. The number of fused-ring (bicyclic) bond motifs is 3. The first kappa shape index (κ1) is 39.0. The maximum Gasteiger partial charge on any atom is 0.407 e. The Balaban J connectivity index is 0.995. The zero-order valence-electron chi connectivity index (χ0n) is 31.2. The number of nitrogens with one attached hydrogen (secondary N) is 2. The van der Waals surface area contributed by atoms with Gasteiger partial charge in [-0.05, 0) is 98.5 Å². The summed E-state index contributed by atoms with van der Waals surface area (Å²) in [6.07, 6.45) is 8.93. The van der Waals surface area contributed by atoms with Crippen molar-refractivity contribution in [1.29, 1.82) is 0 Å². The molecule has 4 N–H and O–H groups in total. The summed E-state index contributed by atoms with van der Waals surface area (Å²) in [5, 5.41) is 26.1. The average molecular weight is 705 g/mol. The topological polar surface area (TPSA) is 126 Å².